The van der Waals surface area contributed by atoms with E-state index in [0.717, 1.165) is 39.9 Å². The molecule has 0 radical (unpaired) electrons. The summed E-state index contributed by atoms with van der Waals surface area (Å²) in [5.74, 6) is 2.96. The van der Waals surface area contributed by atoms with Crippen LogP contribution in [0.3, 0.4) is 0 Å². The van der Waals surface area contributed by atoms with Crippen molar-refractivity contribution in [3.63, 3.8) is 0 Å². The van der Waals surface area contributed by atoms with Crippen LogP contribution in [0.4, 0.5) is 11.4 Å². The van der Waals surface area contributed by atoms with Gasteiger partial charge in [-0.2, -0.15) is 0 Å². The summed E-state index contributed by atoms with van der Waals surface area (Å²) in [6.07, 6.45) is 0. The van der Waals surface area contributed by atoms with Crippen molar-refractivity contribution >= 4 is 11.4 Å². The van der Waals surface area contributed by atoms with Crippen LogP contribution in [0, 0.1) is 0 Å². The molecule has 0 bridgehead atoms. The Hall–Kier alpha value is -5.28. The SMILES string of the molecule is CN(c1ccccc1)c1cccc2c1Oc1c(ccc3c1-c1ccccc1C31c3ccccc3-c3ccccc31)O2. The van der Waals surface area contributed by atoms with Crippen molar-refractivity contribution in [2.24, 2.45) is 0 Å². The van der Waals surface area contributed by atoms with Gasteiger partial charge in [0.1, 0.15) is 0 Å². The molecular weight excluding hydrogens is 502 g/mol. The molecule has 3 nitrogen and oxygen atoms in total. The van der Waals surface area contributed by atoms with Crippen LogP contribution in [0.5, 0.6) is 23.0 Å². The van der Waals surface area contributed by atoms with Crippen LogP contribution in [0.25, 0.3) is 22.3 Å². The molecule has 1 aliphatic heterocycles. The largest absolute Gasteiger partial charge is 0.449 e. The van der Waals surface area contributed by atoms with E-state index in [2.05, 4.69) is 127 Å². The smallest absolute Gasteiger partial charge is 0.193 e. The average Bonchev–Trinajstić information content (AvgIpc) is 3.51. The number of benzene rings is 6. The zero-order chi connectivity index (χ0) is 27.1. The van der Waals surface area contributed by atoms with E-state index in [1.165, 1.54) is 38.9 Å². The molecule has 0 aromatic heterocycles. The third kappa shape index (κ3) is 2.82. The van der Waals surface area contributed by atoms with Crippen molar-refractivity contribution in [1.29, 1.82) is 0 Å². The van der Waals surface area contributed by atoms with Gasteiger partial charge in [-0.1, -0.05) is 103 Å². The maximum atomic E-state index is 6.96. The molecule has 0 amide bonds. The molecule has 9 rings (SSSR count). The highest BCUT2D eigenvalue weighted by Gasteiger charge is 2.53. The van der Waals surface area contributed by atoms with E-state index in [9.17, 15) is 0 Å². The topological polar surface area (TPSA) is 21.7 Å². The van der Waals surface area contributed by atoms with Crippen molar-refractivity contribution in [1.82, 2.24) is 0 Å². The number of hydrogen-bond donors (Lipinski definition) is 0. The van der Waals surface area contributed by atoms with E-state index in [1.54, 1.807) is 0 Å². The van der Waals surface area contributed by atoms with Gasteiger partial charge in [-0.05, 0) is 69.3 Å². The molecule has 0 fully saturated rings. The van der Waals surface area contributed by atoms with Crippen molar-refractivity contribution in [3.05, 3.63) is 156 Å². The van der Waals surface area contributed by atoms with Crippen LogP contribution in [0.2, 0.25) is 0 Å². The molecule has 6 aromatic carbocycles. The quantitative estimate of drug-likeness (QED) is 0.223. The van der Waals surface area contributed by atoms with Crippen LogP contribution in [0.1, 0.15) is 22.3 Å². The highest BCUT2D eigenvalue weighted by Crippen LogP contribution is 2.66. The first-order valence-electron chi connectivity index (χ1n) is 14.0. The highest BCUT2D eigenvalue weighted by atomic mass is 16.6. The Bertz CT molecular complexity index is 1980. The van der Waals surface area contributed by atoms with Crippen LogP contribution < -0.4 is 14.4 Å². The number of para-hydroxylation sites is 2. The molecule has 0 unspecified atom stereocenters. The van der Waals surface area contributed by atoms with E-state index < -0.39 is 5.41 Å². The lowest BCUT2D eigenvalue weighted by Crippen LogP contribution is -2.25. The molecule has 0 saturated carbocycles. The second-order valence-electron chi connectivity index (χ2n) is 10.9. The van der Waals surface area contributed by atoms with Crippen molar-refractivity contribution in [2.45, 2.75) is 5.41 Å². The number of hydrogen-bond acceptors (Lipinski definition) is 3. The minimum atomic E-state index is -0.419. The van der Waals surface area contributed by atoms with E-state index in [4.69, 9.17) is 9.47 Å². The molecule has 3 heteroatoms. The summed E-state index contributed by atoms with van der Waals surface area (Å²) in [4.78, 5) is 2.15. The number of ether oxygens (including phenoxy) is 2. The number of fused-ring (bicyclic) bond motifs is 13. The predicted octanol–water partition coefficient (Wildman–Crippen LogP) is 9.70. The van der Waals surface area contributed by atoms with Crippen LogP contribution in [0.15, 0.2) is 133 Å². The number of anilines is 2. The van der Waals surface area contributed by atoms with E-state index in [-0.39, 0.29) is 0 Å². The Kier molecular flexibility index (Phi) is 4.46. The summed E-state index contributed by atoms with van der Waals surface area (Å²) >= 11 is 0. The Morgan fingerprint density at radius 1 is 0.463 bits per heavy atom. The average molecular weight is 528 g/mol. The van der Waals surface area contributed by atoms with E-state index in [1.807, 2.05) is 18.2 Å². The molecule has 6 aromatic rings. The van der Waals surface area contributed by atoms with Crippen molar-refractivity contribution in [2.75, 3.05) is 11.9 Å². The first-order chi connectivity index (χ1) is 20.3. The first-order valence-corrected chi connectivity index (χ1v) is 14.0. The van der Waals surface area contributed by atoms with E-state index >= 15 is 0 Å². The summed E-state index contributed by atoms with van der Waals surface area (Å²) < 4.78 is 13.5. The predicted molar refractivity (Wildman–Crippen MR) is 164 cm³/mol. The molecule has 0 N–H and O–H groups in total. The molecule has 2 aliphatic carbocycles. The molecule has 0 atom stereocenters. The fourth-order valence-electron chi connectivity index (χ4n) is 7.28. The lowest BCUT2D eigenvalue weighted by molar-refractivity contribution is 0.361. The Labute approximate surface area is 238 Å². The number of nitrogens with zero attached hydrogens (tertiary/aromatic N) is 1. The minimum absolute atomic E-state index is 0.419. The van der Waals surface area contributed by atoms with Gasteiger partial charge in [0.05, 0.1) is 11.1 Å². The van der Waals surface area contributed by atoms with Crippen molar-refractivity contribution in [3.8, 4) is 45.3 Å². The first kappa shape index (κ1) is 22.5. The summed E-state index contributed by atoms with van der Waals surface area (Å²) in [5, 5.41) is 0. The van der Waals surface area contributed by atoms with Crippen LogP contribution in [-0.4, -0.2) is 7.05 Å². The molecule has 194 valence electrons. The lowest BCUT2D eigenvalue weighted by Gasteiger charge is -2.31. The zero-order valence-electron chi connectivity index (χ0n) is 22.5. The lowest BCUT2D eigenvalue weighted by atomic mass is 9.70. The monoisotopic (exact) mass is 527 g/mol. The van der Waals surface area contributed by atoms with Gasteiger partial charge >= 0.3 is 0 Å². The second kappa shape index (κ2) is 8.12. The normalized spacial score (nSPS) is 14.1. The molecule has 41 heavy (non-hydrogen) atoms. The van der Waals surface area contributed by atoms with Gasteiger partial charge in [-0.15, -0.1) is 0 Å². The Morgan fingerprint density at radius 3 is 1.76 bits per heavy atom. The number of rotatable bonds is 2. The third-order valence-corrected chi connectivity index (χ3v) is 8.97. The maximum Gasteiger partial charge on any atom is 0.193 e. The zero-order valence-corrected chi connectivity index (χ0v) is 22.5. The van der Waals surface area contributed by atoms with Gasteiger partial charge in [0.25, 0.3) is 0 Å². The fourth-order valence-corrected chi connectivity index (χ4v) is 7.28. The Balaban J connectivity index is 1.30. The van der Waals surface area contributed by atoms with Gasteiger partial charge < -0.3 is 14.4 Å². The summed E-state index contributed by atoms with van der Waals surface area (Å²) in [5.41, 5.74) is 11.6. The molecular formula is C38H25NO2. The fraction of sp³-hybridized carbons (Fsp3) is 0.0526. The Morgan fingerprint density at radius 2 is 1.05 bits per heavy atom. The summed E-state index contributed by atoms with van der Waals surface area (Å²) in [6.45, 7) is 0. The molecule has 3 aliphatic rings. The van der Waals surface area contributed by atoms with Gasteiger partial charge in [0.2, 0.25) is 0 Å². The summed E-state index contributed by atoms with van der Waals surface area (Å²) in [7, 11) is 2.07. The molecule has 1 heterocycles. The summed E-state index contributed by atoms with van der Waals surface area (Å²) in [6, 6.07) is 47.2. The molecule has 0 saturated heterocycles. The molecule has 1 spiro atoms. The van der Waals surface area contributed by atoms with Gasteiger partial charge in [-0.25, -0.2) is 0 Å². The van der Waals surface area contributed by atoms with Crippen LogP contribution >= 0.6 is 0 Å². The minimum Gasteiger partial charge on any atom is -0.449 e. The standard InChI is InChI=1S/C38H25NO2/c1-39(24-12-3-2-4-13-24)32-20-11-21-33-36(32)41-37-34(40-33)23-22-31-35(37)27-16-7-10-19-30(27)38(31)28-17-8-5-14-25(28)26-15-6-9-18-29(26)38/h2-23H,1H3. The van der Waals surface area contributed by atoms with Gasteiger partial charge in [0.15, 0.2) is 23.0 Å². The van der Waals surface area contributed by atoms with Gasteiger partial charge in [0, 0.05) is 18.3 Å². The van der Waals surface area contributed by atoms with Crippen molar-refractivity contribution < 1.29 is 9.47 Å². The second-order valence-corrected chi connectivity index (χ2v) is 10.9. The van der Waals surface area contributed by atoms with E-state index in [0.29, 0.717) is 0 Å². The maximum absolute atomic E-state index is 6.96. The van der Waals surface area contributed by atoms with Gasteiger partial charge in [-0.3, -0.25) is 0 Å². The van der Waals surface area contributed by atoms with Crippen LogP contribution in [-0.2, 0) is 5.41 Å². The highest BCUT2D eigenvalue weighted by molar-refractivity contribution is 5.98. The third-order valence-electron chi connectivity index (χ3n) is 8.97.